The van der Waals surface area contributed by atoms with Crippen LogP contribution in [-0.4, -0.2) is 36.9 Å². The van der Waals surface area contributed by atoms with Gasteiger partial charge in [-0.15, -0.1) is 0 Å². The van der Waals surface area contributed by atoms with E-state index in [1.807, 2.05) is 55.9 Å². The predicted octanol–water partition coefficient (Wildman–Crippen LogP) is 3.49. The van der Waals surface area contributed by atoms with Crippen LogP contribution in [0.3, 0.4) is 0 Å². The Bertz CT molecular complexity index is 582. The van der Waals surface area contributed by atoms with Gasteiger partial charge in [-0.2, -0.15) is 0 Å². The molecule has 1 aromatic rings. The zero-order valence-corrected chi connectivity index (χ0v) is 16.0. The summed E-state index contributed by atoms with van der Waals surface area (Å²) in [5.74, 6) is -0.0228. The van der Waals surface area contributed by atoms with E-state index in [4.69, 9.17) is 0 Å². The van der Waals surface area contributed by atoms with E-state index in [0.717, 1.165) is 23.4 Å². The topological polar surface area (TPSA) is 52.7 Å². The Hall–Kier alpha value is -2.04. The lowest BCUT2D eigenvalue weighted by Crippen LogP contribution is -2.36. The lowest BCUT2D eigenvalue weighted by atomic mass is 10.1. The normalized spacial score (nSPS) is 12.0. The smallest absolute Gasteiger partial charge is 0.226 e. The Balaban J connectivity index is 3.16. The quantitative estimate of drug-likeness (QED) is 0.831. The fourth-order valence-electron chi connectivity index (χ4n) is 2.49. The molecule has 1 atom stereocenters. The first-order chi connectivity index (χ1) is 11.2. The molecule has 2 amide bonds. The Labute approximate surface area is 146 Å². The molecule has 0 saturated carbocycles. The Morgan fingerprint density at radius 2 is 1.79 bits per heavy atom. The van der Waals surface area contributed by atoms with Gasteiger partial charge in [0.2, 0.25) is 11.8 Å². The summed E-state index contributed by atoms with van der Waals surface area (Å²) in [6.07, 6.45) is 0.903. The number of hydrogen-bond donors (Lipinski definition) is 1. The number of nitrogens with one attached hydrogen (secondary N) is 1. The first kappa shape index (κ1) is 20.0. The van der Waals surface area contributed by atoms with Gasteiger partial charge in [-0.25, -0.2) is 0 Å². The Morgan fingerprint density at radius 1 is 1.17 bits per heavy atom. The second kappa shape index (κ2) is 8.71. The molecule has 0 heterocycles. The highest BCUT2D eigenvalue weighted by atomic mass is 16.2. The van der Waals surface area contributed by atoms with Crippen LogP contribution in [0.15, 0.2) is 18.2 Å². The third-order valence-electron chi connectivity index (χ3n) is 4.22. The van der Waals surface area contributed by atoms with Crippen molar-refractivity contribution < 1.29 is 9.59 Å². The van der Waals surface area contributed by atoms with Crippen LogP contribution in [0.5, 0.6) is 0 Å². The van der Waals surface area contributed by atoms with Crippen molar-refractivity contribution in [3.8, 4) is 0 Å². The summed E-state index contributed by atoms with van der Waals surface area (Å²) in [4.78, 5) is 27.9. The van der Waals surface area contributed by atoms with Crippen LogP contribution >= 0.6 is 0 Å². The maximum atomic E-state index is 12.0. The molecule has 1 aromatic carbocycles. The molecule has 0 aliphatic rings. The van der Waals surface area contributed by atoms with Gasteiger partial charge in [0.1, 0.15) is 0 Å². The van der Waals surface area contributed by atoms with Crippen molar-refractivity contribution in [3.05, 3.63) is 23.8 Å². The van der Waals surface area contributed by atoms with Crippen LogP contribution < -0.4 is 10.2 Å². The zero-order chi connectivity index (χ0) is 18.4. The molecule has 0 aromatic heterocycles. The van der Waals surface area contributed by atoms with Crippen molar-refractivity contribution in [2.75, 3.05) is 24.3 Å². The van der Waals surface area contributed by atoms with E-state index in [9.17, 15) is 9.59 Å². The van der Waals surface area contributed by atoms with Crippen molar-refractivity contribution in [1.82, 2.24) is 4.90 Å². The fraction of sp³-hybridized carbons (Fsp3) is 0.579. The summed E-state index contributed by atoms with van der Waals surface area (Å²) in [5.41, 5.74) is 2.84. The number of carbonyl (C=O) groups excluding carboxylic acids is 2. The van der Waals surface area contributed by atoms with Gasteiger partial charge in [0.25, 0.3) is 0 Å². The van der Waals surface area contributed by atoms with E-state index < -0.39 is 0 Å². The SMILES string of the molecule is CC[C@H](C)N(Cc1cc(NC(=O)C(C)C)ccc1N(C)C)C(C)=O. The number of hydrogen-bond acceptors (Lipinski definition) is 3. The number of rotatable bonds is 7. The van der Waals surface area contributed by atoms with Crippen molar-refractivity contribution in [1.29, 1.82) is 0 Å². The van der Waals surface area contributed by atoms with Gasteiger partial charge in [0.05, 0.1) is 0 Å². The second-order valence-electron chi connectivity index (χ2n) is 6.79. The molecule has 0 radical (unpaired) electrons. The van der Waals surface area contributed by atoms with Gasteiger partial charge < -0.3 is 15.1 Å². The van der Waals surface area contributed by atoms with Gasteiger partial charge in [-0.05, 0) is 37.1 Å². The summed E-state index contributed by atoms with van der Waals surface area (Å²) in [6, 6.07) is 6.03. The third kappa shape index (κ3) is 5.25. The first-order valence-electron chi connectivity index (χ1n) is 8.55. The lowest BCUT2D eigenvalue weighted by Gasteiger charge is -2.29. The summed E-state index contributed by atoms with van der Waals surface area (Å²) in [5, 5.41) is 2.93. The molecule has 0 spiro atoms. The summed E-state index contributed by atoms with van der Waals surface area (Å²) in [6.45, 7) is 10.00. The zero-order valence-electron chi connectivity index (χ0n) is 16.0. The van der Waals surface area contributed by atoms with Crippen LogP contribution in [0, 0.1) is 5.92 Å². The molecular formula is C19H31N3O2. The molecule has 0 saturated heterocycles. The average Bonchev–Trinajstić information content (AvgIpc) is 2.51. The Kier molecular flexibility index (Phi) is 7.26. The molecule has 0 bridgehead atoms. The standard InChI is InChI=1S/C19H31N3O2/c1-8-14(4)22(15(5)23)12-16-11-17(20-19(24)13(2)3)9-10-18(16)21(6)7/h9-11,13-14H,8,12H2,1-7H3,(H,20,24)/t14-/m0/s1. The summed E-state index contributed by atoms with van der Waals surface area (Å²) >= 11 is 0. The number of carbonyl (C=O) groups is 2. The van der Waals surface area contributed by atoms with Gasteiger partial charge in [0, 0.05) is 50.9 Å². The number of anilines is 2. The minimum absolute atomic E-state index is 0.0103. The monoisotopic (exact) mass is 333 g/mol. The van der Waals surface area contributed by atoms with Crippen LogP contribution in [0.4, 0.5) is 11.4 Å². The second-order valence-corrected chi connectivity index (χ2v) is 6.79. The summed E-state index contributed by atoms with van der Waals surface area (Å²) in [7, 11) is 3.96. The minimum Gasteiger partial charge on any atom is -0.377 e. The predicted molar refractivity (Wildman–Crippen MR) is 100 cm³/mol. The molecule has 0 aliphatic carbocycles. The number of nitrogens with zero attached hydrogens (tertiary/aromatic N) is 2. The van der Waals surface area contributed by atoms with E-state index in [1.54, 1.807) is 6.92 Å². The lowest BCUT2D eigenvalue weighted by molar-refractivity contribution is -0.131. The highest BCUT2D eigenvalue weighted by molar-refractivity contribution is 5.92. The molecule has 0 fully saturated rings. The number of amides is 2. The van der Waals surface area contributed by atoms with Crippen LogP contribution in [0.2, 0.25) is 0 Å². The largest absolute Gasteiger partial charge is 0.377 e. The van der Waals surface area contributed by atoms with Crippen molar-refractivity contribution in [3.63, 3.8) is 0 Å². The van der Waals surface area contributed by atoms with Crippen molar-refractivity contribution in [2.24, 2.45) is 5.92 Å². The van der Waals surface area contributed by atoms with Gasteiger partial charge in [0.15, 0.2) is 0 Å². The van der Waals surface area contributed by atoms with Gasteiger partial charge in [-0.3, -0.25) is 9.59 Å². The average molecular weight is 333 g/mol. The highest BCUT2D eigenvalue weighted by Crippen LogP contribution is 2.26. The van der Waals surface area contributed by atoms with E-state index in [2.05, 4.69) is 19.2 Å². The van der Waals surface area contributed by atoms with Crippen LogP contribution in [-0.2, 0) is 16.1 Å². The van der Waals surface area contributed by atoms with Crippen LogP contribution in [0.1, 0.15) is 46.6 Å². The minimum atomic E-state index is -0.0733. The molecule has 5 nitrogen and oxygen atoms in total. The maximum Gasteiger partial charge on any atom is 0.226 e. The molecule has 5 heteroatoms. The molecule has 1 N–H and O–H groups in total. The number of benzene rings is 1. The molecule has 0 aliphatic heterocycles. The first-order valence-corrected chi connectivity index (χ1v) is 8.55. The molecular weight excluding hydrogens is 302 g/mol. The molecule has 134 valence electrons. The molecule has 24 heavy (non-hydrogen) atoms. The van der Waals surface area contributed by atoms with Crippen LogP contribution in [0.25, 0.3) is 0 Å². The van der Waals surface area contributed by atoms with Gasteiger partial charge >= 0.3 is 0 Å². The molecule has 1 rings (SSSR count). The Morgan fingerprint density at radius 3 is 2.25 bits per heavy atom. The maximum absolute atomic E-state index is 12.0. The van der Waals surface area contributed by atoms with Crippen molar-refractivity contribution in [2.45, 2.75) is 53.6 Å². The summed E-state index contributed by atoms with van der Waals surface area (Å²) < 4.78 is 0. The highest BCUT2D eigenvalue weighted by Gasteiger charge is 2.18. The van der Waals surface area contributed by atoms with E-state index in [1.165, 1.54) is 0 Å². The van der Waals surface area contributed by atoms with E-state index >= 15 is 0 Å². The van der Waals surface area contributed by atoms with E-state index in [-0.39, 0.29) is 23.8 Å². The van der Waals surface area contributed by atoms with E-state index in [0.29, 0.717) is 6.54 Å². The third-order valence-corrected chi connectivity index (χ3v) is 4.22. The van der Waals surface area contributed by atoms with Gasteiger partial charge in [-0.1, -0.05) is 20.8 Å². The fourth-order valence-corrected chi connectivity index (χ4v) is 2.49. The van der Waals surface area contributed by atoms with Crippen molar-refractivity contribution >= 4 is 23.2 Å². The molecule has 0 unspecified atom stereocenters.